The Morgan fingerprint density at radius 3 is 2.77 bits per heavy atom. The maximum absolute atomic E-state index is 12.5. The Morgan fingerprint density at radius 1 is 1.35 bits per heavy atom. The summed E-state index contributed by atoms with van der Waals surface area (Å²) in [5.41, 5.74) is 7.32. The van der Waals surface area contributed by atoms with Gasteiger partial charge in [-0.25, -0.2) is 4.79 Å². The lowest BCUT2D eigenvalue weighted by molar-refractivity contribution is -0.131. The highest BCUT2D eigenvalue weighted by Crippen LogP contribution is 2.34. The molecule has 3 rings (SSSR count). The number of aliphatic imine (C=N–C) groups is 1. The third-order valence-corrected chi connectivity index (χ3v) is 4.92. The number of aryl methyl sites for hydroxylation is 1. The van der Waals surface area contributed by atoms with Crippen LogP contribution in [0.4, 0.5) is 10.5 Å². The summed E-state index contributed by atoms with van der Waals surface area (Å²) in [6.45, 7) is 2.61. The van der Waals surface area contributed by atoms with Gasteiger partial charge in [0.25, 0.3) is 5.91 Å². The second-order valence-corrected chi connectivity index (χ2v) is 6.62. The standard InChI is InChI=1S/C18H25N5O2.HI/c1-2-13-6-5-7-14(12-13)21-16(19)20-10-11-23-15(24)18(22-17(23)25)8-3-4-9-18;/h5-7,12H,2-4,8-11H2,1H3,(H,22,25)(H3,19,20,21);1H. The number of carbonyl (C=O) groups is 2. The normalized spacial score (nSPS) is 18.8. The van der Waals surface area contributed by atoms with E-state index in [1.807, 2.05) is 18.2 Å². The summed E-state index contributed by atoms with van der Waals surface area (Å²) >= 11 is 0. The Kier molecular flexibility index (Phi) is 6.85. The Morgan fingerprint density at radius 2 is 2.08 bits per heavy atom. The fraction of sp³-hybridized carbons (Fsp3) is 0.500. The number of urea groups is 1. The Balaban J connectivity index is 0.00000243. The van der Waals surface area contributed by atoms with E-state index in [0.29, 0.717) is 0 Å². The lowest BCUT2D eigenvalue weighted by Gasteiger charge is -2.19. The van der Waals surface area contributed by atoms with Crippen LogP contribution in [0.15, 0.2) is 29.3 Å². The van der Waals surface area contributed by atoms with E-state index >= 15 is 0 Å². The van der Waals surface area contributed by atoms with E-state index < -0.39 is 5.54 Å². The third kappa shape index (κ3) is 4.28. The first-order valence-corrected chi connectivity index (χ1v) is 8.84. The van der Waals surface area contributed by atoms with Crippen molar-refractivity contribution in [2.24, 2.45) is 10.7 Å². The van der Waals surface area contributed by atoms with Gasteiger partial charge in [-0.3, -0.25) is 14.7 Å². The van der Waals surface area contributed by atoms with Gasteiger partial charge in [-0.2, -0.15) is 0 Å². The molecule has 1 saturated carbocycles. The molecule has 0 aromatic heterocycles. The molecule has 1 heterocycles. The molecule has 1 saturated heterocycles. The van der Waals surface area contributed by atoms with Crippen LogP contribution in [0.25, 0.3) is 0 Å². The van der Waals surface area contributed by atoms with Crippen molar-refractivity contribution < 1.29 is 9.59 Å². The highest BCUT2D eigenvalue weighted by molar-refractivity contribution is 14.0. The lowest BCUT2D eigenvalue weighted by Crippen LogP contribution is -2.44. The third-order valence-electron chi connectivity index (χ3n) is 4.92. The number of rotatable bonds is 5. The van der Waals surface area contributed by atoms with E-state index in [1.165, 1.54) is 10.5 Å². The Bertz CT molecular complexity index is 701. The van der Waals surface area contributed by atoms with Crippen LogP contribution in [0, 0.1) is 0 Å². The number of benzene rings is 1. The zero-order valence-corrected chi connectivity index (χ0v) is 17.3. The van der Waals surface area contributed by atoms with Gasteiger partial charge in [0, 0.05) is 5.69 Å². The molecule has 7 nitrogen and oxygen atoms in total. The smallest absolute Gasteiger partial charge is 0.325 e. The number of carbonyl (C=O) groups excluding carboxylic acids is 2. The fourth-order valence-electron chi connectivity index (χ4n) is 3.52. The minimum absolute atomic E-state index is 0. The van der Waals surface area contributed by atoms with E-state index in [0.717, 1.165) is 37.8 Å². The molecule has 1 aromatic carbocycles. The van der Waals surface area contributed by atoms with Crippen molar-refractivity contribution in [1.82, 2.24) is 10.2 Å². The molecule has 26 heavy (non-hydrogen) atoms. The number of guanidine groups is 1. The molecule has 2 aliphatic rings. The molecule has 1 aliphatic heterocycles. The van der Waals surface area contributed by atoms with Crippen LogP contribution < -0.4 is 16.4 Å². The predicted octanol–water partition coefficient (Wildman–Crippen LogP) is 2.46. The number of hydrogen-bond donors (Lipinski definition) is 3. The first-order chi connectivity index (χ1) is 12.0. The number of hydrogen-bond acceptors (Lipinski definition) is 3. The van der Waals surface area contributed by atoms with Gasteiger partial charge in [0.1, 0.15) is 5.54 Å². The second kappa shape index (κ2) is 8.70. The van der Waals surface area contributed by atoms with Gasteiger partial charge in [-0.1, -0.05) is 31.9 Å². The number of anilines is 1. The second-order valence-electron chi connectivity index (χ2n) is 6.62. The summed E-state index contributed by atoms with van der Waals surface area (Å²) in [7, 11) is 0. The van der Waals surface area contributed by atoms with Gasteiger partial charge >= 0.3 is 6.03 Å². The van der Waals surface area contributed by atoms with Gasteiger partial charge in [0.15, 0.2) is 5.96 Å². The molecule has 8 heteroatoms. The monoisotopic (exact) mass is 471 g/mol. The van der Waals surface area contributed by atoms with Crippen LogP contribution in [-0.2, 0) is 11.2 Å². The summed E-state index contributed by atoms with van der Waals surface area (Å²) < 4.78 is 0. The fourth-order valence-corrected chi connectivity index (χ4v) is 3.52. The average molecular weight is 471 g/mol. The lowest BCUT2D eigenvalue weighted by atomic mass is 9.98. The van der Waals surface area contributed by atoms with Crippen molar-refractivity contribution in [2.75, 3.05) is 18.4 Å². The van der Waals surface area contributed by atoms with E-state index in [9.17, 15) is 9.59 Å². The van der Waals surface area contributed by atoms with Crippen molar-refractivity contribution in [1.29, 1.82) is 0 Å². The maximum atomic E-state index is 12.5. The van der Waals surface area contributed by atoms with Crippen molar-refractivity contribution in [3.63, 3.8) is 0 Å². The summed E-state index contributed by atoms with van der Waals surface area (Å²) in [4.78, 5) is 30.1. The number of halogens is 1. The molecule has 1 spiro atoms. The van der Waals surface area contributed by atoms with Crippen LogP contribution in [-0.4, -0.2) is 41.4 Å². The first kappa shape index (κ1) is 20.5. The predicted molar refractivity (Wildman–Crippen MR) is 113 cm³/mol. The Hall–Kier alpha value is -1.84. The van der Waals surface area contributed by atoms with Gasteiger partial charge in [0.05, 0.1) is 13.1 Å². The number of nitrogens with two attached hydrogens (primary N) is 1. The topological polar surface area (TPSA) is 99.8 Å². The zero-order valence-electron chi connectivity index (χ0n) is 15.0. The SMILES string of the molecule is CCc1cccc(NC(N)=NCCN2C(=O)NC3(CCCC3)C2=O)c1.I. The number of imide groups is 1. The van der Waals surface area contributed by atoms with E-state index in [-0.39, 0.29) is 55.0 Å². The van der Waals surface area contributed by atoms with Crippen LogP contribution in [0.2, 0.25) is 0 Å². The minimum atomic E-state index is -0.662. The minimum Gasteiger partial charge on any atom is -0.370 e. The van der Waals surface area contributed by atoms with E-state index in [2.05, 4.69) is 28.6 Å². The van der Waals surface area contributed by atoms with Gasteiger partial charge < -0.3 is 16.4 Å². The average Bonchev–Trinajstić information content (AvgIpc) is 3.15. The van der Waals surface area contributed by atoms with Gasteiger partial charge in [-0.05, 0) is 37.0 Å². The molecule has 1 aliphatic carbocycles. The van der Waals surface area contributed by atoms with Crippen molar-refractivity contribution in [3.8, 4) is 0 Å². The molecule has 2 fully saturated rings. The molecular formula is C18H26IN5O2. The van der Waals surface area contributed by atoms with Crippen LogP contribution in [0.5, 0.6) is 0 Å². The van der Waals surface area contributed by atoms with Crippen molar-refractivity contribution in [3.05, 3.63) is 29.8 Å². The van der Waals surface area contributed by atoms with Gasteiger partial charge in [0.2, 0.25) is 0 Å². The summed E-state index contributed by atoms with van der Waals surface area (Å²) in [6.07, 6.45) is 4.36. The largest absolute Gasteiger partial charge is 0.370 e. The van der Waals surface area contributed by atoms with Crippen molar-refractivity contribution >= 4 is 47.6 Å². The summed E-state index contributed by atoms with van der Waals surface area (Å²) in [5.74, 6) is 0.156. The van der Waals surface area contributed by atoms with E-state index in [1.54, 1.807) is 0 Å². The van der Waals surface area contributed by atoms with Crippen molar-refractivity contribution in [2.45, 2.75) is 44.6 Å². The van der Waals surface area contributed by atoms with E-state index in [4.69, 9.17) is 5.73 Å². The van der Waals surface area contributed by atoms with Crippen LogP contribution >= 0.6 is 24.0 Å². The molecule has 0 unspecified atom stereocenters. The molecule has 0 atom stereocenters. The molecular weight excluding hydrogens is 445 g/mol. The quantitative estimate of drug-likeness (QED) is 0.266. The number of nitrogens with zero attached hydrogens (tertiary/aromatic N) is 2. The highest BCUT2D eigenvalue weighted by atomic mass is 127. The summed E-state index contributed by atoms with van der Waals surface area (Å²) in [5, 5.41) is 5.90. The maximum Gasteiger partial charge on any atom is 0.325 e. The molecule has 0 radical (unpaired) electrons. The highest BCUT2D eigenvalue weighted by Gasteiger charge is 2.52. The molecule has 0 bridgehead atoms. The molecule has 1 aromatic rings. The molecule has 3 amide bonds. The Labute approximate surface area is 170 Å². The zero-order chi connectivity index (χ0) is 17.9. The summed E-state index contributed by atoms with van der Waals surface area (Å²) in [6, 6.07) is 7.63. The first-order valence-electron chi connectivity index (χ1n) is 8.84. The molecule has 142 valence electrons. The van der Waals surface area contributed by atoms with Crippen LogP contribution in [0.1, 0.15) is 38.2 Å². The number of nitrogens with one attached hydrogen (secondary N) is 2. The molecule has 4 N–H and O–H groups in total. The van der Waals surface area contributed by atoms with Gasteiger partial charge in [-0.15, -0.1) is 24.0 Å². The number of amides is 3. The van der Waals surface area contributed by atoms with Crippen LogP contribution in [0.3, 0.4) is 0 Å².